The van der Waals surface area contributed by atoms with E-state index in [4.69, 9.17) is 5.41 Å². The van der Waals surface area contributed by atoms with Crippen molar-refractivity contribution in [2.24, 2.45) is 7.05 Å². The van der Waals surface area contributed by atoms with Crippen LogP contribution in [0.15, 0.2) is 42.7 Å². The van der Waals surface area contributed by atoms with E-state index in [2.05, 4.69) is 47.8 Å². The molecular formula is C25H28N6. The van der Waals surface area contributed by atoms with Crippen molar-refractivity contribution >= 4 is 23.3 Å². The van der Waals surface area contributed by atoms with Gasteiger partial charge in [0, 0.05) is 36.4 Å². The number of nitrogens with one attached hydrogen (secondary N) is 3. The lowest BCUT2D eigenvalue weighted by Crippen LogP contribution is -2.20. The maximum Gasteiger partial charge on any atom is 0.0994 e. The molecule has 158 valence electrons. The number of aryl methyl sites for hydroxylation is 1. The van der Waals surface area contributed by atoms with Crippen molar-refractivity contribution in [1.29, 1.82) is 10.7 Å². The molecule has 31 heavy (non-hydrogen) atoms. The molecule has 3 aromatic rings. The highest BCUT2D eigenvalue weighted by molar-refractivity contribution is 5.88. The molecule has 0 bridgehead atoms. The maximum absolute atomic E-state index is 9.58. The minimum atomic E-state index is 0.200. The highest BCUT2D eigenvalue weighted by atomic mass is 15.3. The fourth-order valence-electron chi connectivity index (χ4n) is 4.56. The first kappa shape index (κ1) is 20.7. The van der Waals surface area contributed by atoms with Crippen LogP contribution in [0.2, 0.25) is 0 Å². The van der Waals surface area contributed by atoms with Crippen LogP contribution in [0.5, 0.6) is 0 Å². The van der Waals surface area contributed by atoms with Crippen LogP contribution in [-0.2, 0) is 13.5 Å². The molecule has 0 spiro atoms. The summed E-state index contributed by atoms with van der Waals surface area (Å²) in [6.45, 7) is 4.33. The van der Waals surface area contributed by atoms with Gasteiger partial charge in [-0.2, -0.15) is 10.4 Å². The number of nitriles is 1. The van der Waals surface area contributed by atoms with Crippen molar-refractivity contribution in [3.8, 4) is 6.07 Å². The lowest BCUT2D eigenvalue weighted by atomic mass is 9.80. The largest absolute Gasteiger partial charge is 0.378 e. The Morgan fingerprint density at radius 3 is 2.77 bits per heavy atom. The fourth-order valence-corrected chi connectivity index (χ4v) is 4.56. The van der Waals surface area contributed by atoms with E-state index in [1.807, 2.05) is 31.4 Å². The monoisotopic (exact) mass is 412 g/mol. The SMILES string of the molecule is CC(C)c1c(C#N)ccc2c1CCC[C@@H]2Nc1ccc(C=N)c(Nc2cnn(C)c2)c1. The first-order chi connectivity index (χ1) is 15.0. The predicted octanol–water partition coefficient (Wildman–Crippen LogP) is 5.65. The van der Waals surface area contributed by atoms with Crippen LogP contribution in [-0.4, -0.2) is 16.0 Å². The van der Waals surface area contributed by atoms with E-state index in [1.165, 1.54) is 22.9 Å². The minimum Gasteiger partial charge on any atom is -0.378 e. The highest BCUT2D eigenvalue weighted by Crippen LogP contribution is 2.38. The standard InChI is InChI=1S/C25H28N6/c1-16(2)25-18(13-27)8-10-21-22(25)5-4-6-23(21)29-19-9-7-17(12-26)24(11-19)30-20-14-28-31(3)15-20/h7-12,14-16,23,26,29-30H,4-6H2,1-3H3/t23-/m0/s1. The van der Waals surface area contributed by atoms with Crippen LogP contribution >= 0.6 is 0 Å². The molecule has 6 heteroatoms. The third kappa shape index (κ3) is 4.17. The van der Waals surface area contributed by atoms with Gasteiger partial charge in [0.2, 0.25) is 0 Å². The first-order valence-electron chi connectivity index (χ1n) is 10.7. The molecule has 0 amide bonds. The second kappa shape index (κ2) is 8.65. The topological polar surface area (TPSA) is 89.5 Å². The Kier molecular flexibility index (Phi) is 5.77. The van der Waals surface area contributed by atoms with Gasteiger partial charge < -0.3 is 16.0 Å². The Bertz CT molecular complexity index is 1150. The second-order valence-corrected chi connectivity index (χ2v) is 8.42. The van der Waals surface area contributed by atoms with Gasteiger partial charge >= 0.3 is 0 Å². The number of nitrogens with zero attached hydrogens (tertiary/aromatic N) is 3. The van der Waals surface area contributed by atoms with Gasteiger partial charge in [0.1, 0.15) is 0 Å². The van der Waals surface area contributed by atoms with Gasteiger partial charge in [-0.15, -0.1) is 0 Å². The summed E-state index contributed by atoms with van der Waals surface area (Å²) in [7, 11) is 1.88. The zero-order chi connectivity index (χ0) is 22.0. The maximum atomic E-state index is 9.58. The Hall–Kier alpha value is -3.59. The van der Waals surface area contributed by atoms with Gasteiger partial charge in [0.05, 0.1) is 29.6 Å². The van der Waals surface area contributed by atoms with Crippen LogP contribution in [0.3, 0.4) is 0 Å². The van der Waals surface area contributed by atoms with Gasteiger partial charge in [0.15, 0.2) is 0 Å². The smallest absolute Gasteiger partial charge is 0.0994 e. The summed E-state index contributed by atoms with van der Waals surface area (Å²) in [5.74, 6) is 0.325. The molecule has 3 N–H and O–H groups in total. The van der Waals surface area contributed by atoms with Crippen LogP contribution < -0.4 is 10.6 Å². The normalized spacial score (nSPS) is 15.3. The summed E-state index contributed by atoms with van der Waals surface area (Å²) in [4.78, 5) is 0. The van der Waals surface area contributed by atoms with Crippen LogP contribution in [0.4, 0.5) is 17.1 Å². The summed E-state index contributed by atoms with van der Waals surface area (Å²) in [5.41, 5.74) is 8.21. The first-order valence-corrected chi connectivity index (χ1v) is 10.7. The molecule has 1 heterocycles. The minimum absolute atomic E-state index is 0.200. The Balaban J connectivity index is 1.65. The molecule has 0 saturated heterocycles. The second-order valence-electron chi connectivity index (χ2n) is 8.42. The summed E-state index contributed by atoms with van der Waals surface area (Å²) >= 11 is 0. The average Bonchev–Trinajstić information content (AvgIpc) is 3.17. The number of rotatable bonds is 6. The molecule has 1 aromatic heterocycles. The highest BCUT2D eigenvalue weighted by Gasteiger charge is 2.25. The lowest BCUT2D eigenvalue weighted by molar-refractivity contribution is 0.592. The molecule has 0 saturated carbocycles. The van der Waals surface area contributed by atoms with E-state index < -0.39 is 0 Å². The number of anilines is 3. The van der Waals surface area contributed by atoms with Gasteiger partial charge in [-0.3, -0.25) is 4.68 Å². The van der Waals surface area contributed by atoms with E-state index in [1.54, 1.807) is 10.9 Å². The van der Waals surface area contributed by atoms with E-state index >= 15 is 0 Å². The third-order valence-electron chi connectivity index (χ3n) is 5.92. The van der Waals surface area contributed by atoms with Crippen molar-refractivity contribution in [2.75, 3.05) is 10.6 Å². The Morgan fingerprint density at radius 1 is 1.26 bits per heavy atom. The zero-order valence-electron chi connectivity index (χ0n) is 18.2. The molecule has 6 nitrogen and oxygen atoms in total. The molecule has 1 atom stereocenters. The predicted molar refractivity (Wildman–Crippen MR) is 125 cm³/mol. The van der Waals surface area contributed by atoms with E-state index in [-0.39, 0.29) is 6.04 Å². The van der Waals surface area contributed by atoms with Crippen molar-refractivity contribution < 1.29 is 0 Å². The van der Waals surface area contributed by atoms with Gasteiger partial charge in [-0.05, 0) is 66.1 Å². The van der Waals surface area contributed by atoms with Crippen LogP contribution in [0, 0.1) is 16.7 Å². The Morgan fingerprint density at radius 2 is 2.10 bits per heavy atom. The van der Waals surface area contributed by atoms with Crippen LogP contribution in [0.1, 0.15) is 66.5 Å². The van der Waals surface area contributed by atoms with E-state index in [9.17, 15) is 5.26 Å². The average molecular weight is 413 g/mol. The quantitative estimate of drug-likeness (QED) is 0.457. The van der Waals surface area contributed by atoms with Crippen molar-refractivity contribution in [2.45, 2.75) is 45.1 Å². The van der Waals surface area contributed by atoms with E-state index in [0.717, 1.165) is 47.5 Å². The number of fused-ring (bicyclic) bond motifs is 1. The molecule has 2 aromatic carbocycles. The molecule has 0 aliphatic heterocycles. The molecule has 0 radical (unpaired) electrons. The lowest BCUT2D eigenvalue weighted by Gasteiger charge is -2.30. The van der Waals surface area contributed by atoms with Crippen molar-refractivity contribution in [1.82, 2.24) is 9.78 Å². The summed E-state index contributed by atoms with van der Waals surface area (Å²) in [5, 5.41) is 28.6. The van der Waals surface area contributed by atoms with Gasteiger partial charge in [-0.1, -0.05) is 19.9 Å². The summed E-state index contributed by atoms with van der Waals surface area (Å²) < 4.78 is 1.75. The van der Waals surface area contributed by atoms with Crippen LogP contribution in [0.25, 0.3) is 0 Å². The van der Waals surface area contributed by atoms with E-state index in [0.29, 0.717) is 5.92 Å². The zero-order valence-corrected chi connectivity index (χ0v) is 18.2. The summed E-state index contributed by atoms with van der Waals surface area (Å²) in [6.07, 6.45) is 8.21. The number of hydrogen-bond donors (Lipinski definition) is 3. The molecular weight excluding hydrogens is 384 g/mol. The molecule has 4 rings (SSSR count). The summed E-state index contributed by atoms with van der Waals surface area (Å²) in [6, 6.07) is 12.7. The number of benzene rings is 2. The number of aromatic nitrogens is 2. The number of hydrogen-bond acceptors (Lipinski definition) is 5. The molecule has 0 fully saturated rings. The Labute approximate surface area is 183 Å². The molecule has 1 aliphatic rings. The molecule has 1 aliphatic carbocycles. The van der Waals surface area contributed by atoms with Gasteiger partial charge in [-0.25, -0.2) is 0 Å². The fraction of sp³-hybridized carbons (Fsp3) is 0.320. The third-order valence-corrected chi connectivity index (χ3v) is 5.92. The molecule has 0 unspecified atom stereocenters. The van der Waals surface area contributed by atoms with Crippen molar-refractivity contribution in [3.05, 3.63) is 70.5 Å². The van der Waals surface area contributed by atoms with Crippen molar-refractivity contribution in [3.63, 3.8) is 0 Å². The van der Waals surface area contributed by atoms with Gasteiger partial charge in [0.25, 0.3) is 0 Å².